The Bertz CT molecular complexity index is 991. The van der Waals surface area contributed by atoms with Gasteiger partial charge in [0.05, 0.1) is 24.9 Å². The first kappa shape index (κ1) is 19.1. The maximum absolute atomic E-state index is 13.2. The fourth-order valence-corrected chi connectivity index (χ4v) is 3.90. The van der Waals surface area contributed by atoms with Gasteiger partial charge < -0.3 is 9.47 Å². The average molecular weight is 386 g/mol. The van der Waals surface area contributed by atoms with E-state index in [0.717, 1.165) is 16.9 Å². The van der Waals surface area contributed by atoms with E-state index in [1.165, 1.54) is 22.2 Å². The first-order chi connectivity index (χ1) is 13.1. The molecule has 0 radical (unpaired) electrons. The molecule has 142 valence electrons. The van der Waals surface area contributed by atoms with Gasteiger partial charge in [0.1, 0.15) is 16.6 Å². The van der Waals surface area contributed by atoms with Gasteiger partial charge in [-0.05, 0) is 38.0 Å². The summed E-state index contributed by atoms with van der Waals surface area (Å²) in [6.45, 7) is 6.40. The van der Waals surface area contributed by atoms with Crippen LogP contribution in [0.3, 0.4) is 0 Å². The van der Waals surface area contributed by atoms with Gasteiger partial charge in [-0.15, -0.1) is 11.3 Å². The van der Waals surface area contributed by atoms with Gasteiger partial charge in [0.15, 0.2) is 0 Å². The number of carbonyl (C=O) groups is 1. The Balaban J connectivity index is 2.09. The van der Waals surface area contributed by atoms with Crippen molar-refractivity contribution in [2.75, 3.05) is 13.2 Å². The number of esters is 1. The molecule has 0 saturated carbocycles. The smallest absolute Gasteiger partial charge is 0.329 e. The molecule has 0 aliphatic carbocycles. The van der Waals surface area contributed by atoms with Gasteiger partial charge in [0.25, 0.3) is 5.56 Å². The van der Waals surface area contributed by atoms with Crippen LogP contribution < -0.4 is 10.3 Å². The van der Waals surface area contributed by atoms with Gasteiger partial charge in [-0.2, -0.15) is 0 Å². The first-order valence-corrected chi connectivity index (χ1v) is 9.86. The van der Waals surface area contributed by atoms with Gasteiger partial charge in [0, 0.05) is 10.9 Å². The normalized spacial score (nSPS) is 12.1. The molecule has 0 aliphatic heterocycles. The molecule has 0 amide bonds. The molecule has 0 spiro atoms. The fourth-order valence-electron chi connectivity index (χ4n) is 2.99. The molecule has 3 rings (SSSR count). The summed E-state index contributed by atoms with van der Waals surface area (Å²) in [6, 6.07) is 6.93. The van der Waals surface area contributed by atoms with Crippen molar-refractivity contribution in [1.29, 1.82) is 0 Å². The van der Waals surface area contributed by atoms with Gasteiger partial charge in [-0.1, -0.05) is 19.1 Å². The highest BCUT2D eigenvalue weighted by atomic mass is 32.1. The number of hydrogen-bond donors (Lipinski definition) is 0. The van der Waals surface area contributed by atoms with Crippen LogP contribution >= 0.6 is 11.3 Å². The van der Waals surface area contributed by atoms with Crippen LogP contribution in [0.2, 0.25) is 0 Å². The lowest BCUT2D eigenvalue weighted by atomic mass is 10.1. The van der Waals surface area contributed by atoms with Crippen LogP contribution in [0.15, 0.2) is 40.8 Å². The fraction of sp³-hybridized carbons (Fsp3) is 0.350. The molecule has 27 heavy (non-hydrogen) atoms. The predicted octanol–water partition coefficient (Wildman–Crippen LogP) is 4.04. The second-order valence-corrected chi connectivity index (χ2v) is 6.78. The summed E-state index contributed by atoms with van der Waals surface area (Å²) in [5.41, 5.74) is 1.49. The van der Waals surface area contributed by atoms with Crippen molar-refractivity contribution in [1.82, 2.24) is 9.55 Å². The number of ether oxygens (including phenoxy) is 2. The van der Waals surface area contributed by atoms with Gasteiger partial charge in [-0.25, -0.2) is 9.78 Å². The molecule has 6 nitrogen and oxygen atoms in total. The van der Waals surface area contributed by atoms with Crippen molar-refractivity contribution in [3.8, 4) is 16.9 Å². The van der Waals surface area contributed by atoms with E-state index in [0.29, 0.717) is 23.2 Å². The van der Waals surface area contributed by atoms with E-state index in [-0.39, 0.29) is 12.2 Å². The van der Waals surface area contributed by atoms with Crippen molar-refractivity contribution in [3.63, 3.8) is 0 Å². The largest absolute Gasteiger partial charge is 0.494 e. The third-order valence-corrected chi connectivity index (χ3v) is 5.16. The molecule has 1 aromatic carbocycles. The molecule has 2 aromatic heterocycles. The maximum atomic E-state index is 13.2. The second-order valence-electron chi connectivity index (χ2n) is 5.92. The number of carbonyl (C=O) groups excluding carboxylic acids is 1. The van der Waals surface area contributed by atoms with E-state index in [1.54, 1.807) is 6.92 Å². The van der Waals surface area contributed by atoms with Crippen molar-refractivity contribution >= 4 is 27.5 Å². The van der Waals surface area contributed by atoms with Crippen LogP contribution in [0.1, 0.15) is 33.2 Å². The van der Waals surface area contributed by atoms with E-state index in [1.807, 2.05) is 43.5 Å². The highest BCUT2D eigenvalue weighted by molar-refractivity contribution is 7.17. The van der Waals surface area contributed by atoms with Crippen LogP contribution in [0, 0.1) is 0 Å². The van der Waals surface area contributed by atoms with Crippen molar-refractivity contribution in [3.05, 3.63) is 46.3 Å². The summed E-state index contributed by atoms with van der Waals surface area (Å²) in [5.74, 6) is 0.366. The molecular weight excluding hydrogens is 364 g/mol. The third kappa shape index (κ3) is 3.73. The Morgan fingerprint density at radius 1 is 1.19 bits per heavy atom. The van der Waals surface area contributed by atoms with E-state index >= 15 is 0 Å². The van der Waals surface area contributed by atoms with E-state index in [4.69, 9.17) is 9.47 Å². The Kier molecular flexibility index (Phi) is 5.91. The monoisotopic (exact) mass is 386 g/mol. The van der Waals surface area contributed by atoms with Crippen LogP contribution in [0.25, 0.3) is 21.3 Å². The lowest BCUT2D eigenvalue weighted by Crippen LogP contribution is -2.31. The number of rotatable bonds is 7. The summed E-state index contributed by atoms with van der Waals surface area (Å²) < 4.78 is 12.0. The highest BCUT2D eigenvalue weighted by Gasteiger charge is 2.23. The first-order valence-electron chi connectivity index (χ1n) is 8.98. The zero-order valence-corrected chi connectivity index (χ0v) is 16.4. The highest BCUT2D eigenvalue weighted by Crippen LogP contribution is 2.32. The zero-order chi connectivity index (χ0) is 19.4. The number of nitrogens with zero attached hydrogens (tertiary/aromatic N) is 2. The summed E-state index contributed by atoms with van der Waals surface area (Å²) in [5, 5.41) is 2.44. The van der Waals surface area contributed by atoms with E-state index in [9.17, 15) is 9.59 Å². The molecule has 0 N–H and O–H groups in total. The number of fused-ring (bicyclic) bond motifs is 1. The molecule has 1 atom stereocenters. The summed E-state index contributed by atoms with van der Waals surface area (Å²) >= 11 is 1.41. The molecule has 0 aliphatic rings. The molecule has 0 bridgehead atoms. The molecule has 0 fully saturated rings. The van der Waals surface area contributed by atoms with Crippen molar-refractivity contribution in [2.45, 2.75) is 33.2 Å². The quantitative estimate of drug-likeness (QED) is 0.573. The van der Waals surface area contributed by atoms with Crippen molar-refractivity contribution in [2.24, 2.45) is 0 Å². The lowest BCUT2D eigenvalue weighted by Gasteiger charge is -2.16. The number of benzene rings is 1. The third-order valence-electron chi connectivity index (χ3n) is 4.28. The SMILES string of the molecule is CCOC(=O)[C@H](CC)n1cnc2scc(-c3ccc(OCC)cc3)c2c1=O. The predicted molar refractivity (Wildman–Crippen MR) is 106 cm³/mol. The molecule has 0 unspecified atom stereocenters. The molecule has 2 heterocycles. The van der Waals surface area contributed by atoms with E-state index < -0.39 is 12.0 Å². The minimum Gasteiger partial charge on any atom is -0.494 e. The van der Waals surface area contributed by atoms with Gasteiger partial charge in [0.2, 0.25) is 0 Å². The zero-order valence-electron chi connectivity index (χ0n) is 15.6. The molecule has 0 saturated heterocycles. The van der Waals surface area contributed by atoms with Crippen LogP contribution in [0.4, 0.5) is 0 Å². The maximum Gasteiger partial charge on any atom is 0.329 e. The minimum absolute atomic E-state index is 0.231. The standard InChI is InChI=1S/C20H22N2O4S/c1-4-16(20(24)26-6-3)22-12-21-18-17(19(22)23)15(11-27-18)13-7-9-14(10-8-13)25-5-2/h7-12,16H,4-6H2,1-3H3/t16-/m0/s1. The van der Waals surface area contributed by atoms with Gasteiger partial charge in [-0.3, -0.25) is 9.36 Å². The lowest BCUT2D eigenvalue weighted by molar-refractivity contribution is -0.147. The second kappa shape index (κ2) is 8.35. The Morgan fingerprint density at radius 2 is 1.93 bits per heavy atom. The molecule has 3 aromatic rings. The number of hydrogen-bond acceptors (Lipinski definition) is 6. The Labute approximate surface area is 161 Å². The topological polar surface area (TPSA) is 70.4 Å². The minimum atomic E-state index is -0.678. The summed E-state index contributed by atoms with van der Waals surface area (Å²) in [7, 11) is 0. The Hall–Kier alpha value is -2.67. The molecule has 7 heteroatoms. The van der Waals surface area contributed by atoms with Crippen LogP contribution in [0.5, 0.6) is 5.75 Å². The Morgan fingerprint density at radius 3 is 2.56 bits per heavy atom. The van der Waals surface area contributed by atoms with Crippen LogP contribution in [-0.2, 0) is 9.53 Å². The van der Waals surface area contributed by atoms with E-state index in [2.05, 4.69) is 4.98 Å². The molecular formula is C20H22N2O4S. The average Bonchev–Trinajstić information content (AvgIpc) is 3.10. The summed E-state index contributed by atoms with van der Waals surface area (Å²) in [4.78, 5) is 30.4. The number of aromatic nitrogens is 2. The van der Waals surface area contributed by atoms with Gasteiger partial charge >= 0.3 is 5.97 Å². The number of thiophene rings is 1. The van der Waals surface area contributed by atoms with Crippen LogP contribution in [-0.4, -0.2) is 28.7 Å². The van der Waals surface area contributed by atoms with Crippen molar-refractivity contribution < 1.29 is 14.3 Å². The summed E-state index contributed by atoms with van der Waals surface area (Å²) in [6.07, 6.45) is 1.89.